The lowest BCUT2D eigenvalue weighted by atomic mass is 10.00. The van der Waals surface area contributed by atoms with Crippen LogP contribution in [0.15, 0.2) is 18.2 Å². The molecule has 1 rings (SSSR count). The summed E-state index contributed by atoms with van der Waals surface area (Å²) in [6, 6.07) is 4.37. The molecule has 0 bridgehead atoms. The number of hydrogen-bond acceptors (Lipinski definition) is 3. The van der Waals surface area contributed by atoms with E-state index in [9.17, 15) is 4.79 Å². The molecule has 0 aliphatic carbocycles. The Bertz CT molecular complexity index is 334. The van der Waals surface area contributed by atoms with E-state index < -0.39 is 5.97 Å². The lowest BCUT2D eigenvalue weighted by molar-refractivity contribution is 0.0695. The molecule has 13 heavy (non-hydrogen) atoms. The van der Waals surface area contributed by atoms with Crippen LogP contribution in [-0.2, 0) is 0 Å². The molecular weight excluding hydrogens is 168 g/mol. The molecule has 0 amide bonds. The quantitative estimate of drug-likeness (QED) is 0.592. The predicted molar refractivity (Wildman–Crippen MR) is 50.4 cm³/mol. The molecule has 0 radical (unpaired) electrons. The van der Waals surface area contributed by atoms with Gasteiger partial charge in [-0.05, 0) is 19.1 Å². The van der Waals surface area contributed by atoms with E-state index in [1.54, 1.807) is 19.1 Å². The Hall–Kier alpha value is -1.55. The number of aromatic carboxylic acids is 1. The third-order valence-electron chi connectivity index (χ3n) is 1.83. The molecule has 0 aliphatic heterocycles. The number of carbonyl (C=O) groups is 1. The molecule has 1 atom stereocenters. The molecule has 5 N–H and O–H groups in total. The van der Waals surface area contributed by atoms with Crippen LogP contribution in [0.25, 0.3) is 0 Å². The van der Waals surface area contributed by atoms with Crippen LogP contribution in [0.1, 0.15) is 28.9 Å². The Kier molecular flexibility index (Phi) is 2.53. The zero-order valence-corrected chi connectivity index (χ0v) is 7.32. The standard InChI is InChI=1S/C9H12N2O2/c1-5(10)8-6(9(12)13)3-2-4-7(8)11/h2-5H,10-11H2,1H3,(H,12,13). The van der Waals surface area contributed by atoms with Crippen LogP contribution in [0.2, 0.25) is 0 Å². The Labute approximate surface area is 76.2 Å². The van der Waals surface area contributed by atoms with E-state index in [0.29, 0.717) is 11.3 Å². The molecule has 0 aliphatic rings. The minimum atomic E-state index is -1.00. The van der Waals surface area contributed by atoms with E-state index in [0.717, 1.165) is 0 Å². The average Bonchev–Trinajstić information content (AvgIpc) is 2.02. The molecule has 0 spiro atoms. The van der Waals surface area contributed by atoms with Gasteiger partial charge in [-0.2, -0.15) is 0 Å². The van der Waals surface area contributed by atoms with Crippen LogP contribution in [0.3, 0.4) is 0 Å². The highest BCUT2D eigenvalue weighted by molar-refractivity contribution is 5.91. The second kappa shape index (κ2) is 3.45. The molecule has 4 nitrogen and oxygen atoms in total. The number of rotatable bonds is 2. The van der Waals surface area contributed by atoms with Crippen LogP contribution in [0.4, 0.5) is 5.69 Å². The van der Waals surface area contributed by atoms with Crippen molar-refractivity contribution in [1.29, 1.82) is 0 Å². The third-order valence-corrected chi connectivity index (χ3v) is 1.83. The fraction of sp³-hybridized carbons (Fsp3) is 0.222. The van der Waals surface area contributed by atoms with Gasteiger partial charge < -0.3 is 16.6 Å². The van der Waals surface area contributed by atoms with E-state index in [2.05, 4.69) is 0 Å². The Morgan fingerprint density at radius 1 is 1.54 bits per heavy atom. The van der Waals surface area contributed by atoms with Gasteiger partial charge in [0, 0.05) is 17.3 Å². The number of nitrogen functional groups attached to an aromatic ring is 1. The highest BCUT2D eigenvalue weighted by Gasteiger charge is 2.14. The van der Waals surface area contributed by atoms with Crippen molar-refractivity contribution in [2.45, 2.75) is 13.0 Å². The minimum absolute atomic E-state index is 0.176. The van der Waals surface area contributed by atoms with Crippen molar-refractivity contribution in [3.63, 3.8) is 0 Å². The summed E-state index contributed by atoms with van der Waals surface area (Å²) in [5.41, 5.74) is 12.3. The van der Waals surface area contributed by atoms with Crippen LogP contribution >= 0.6 is 0 Å². The average molecular weight is 180 g/mol. The summed E-state index contributed by atoms with van der Waals surface area (Å²) in [7, 11) is 0. The van der Waals surface area contributed by atoms with Crippen molar-refractivity contribution < 1.29 is 9.90 Å². The molecular formula is C9H12N2O2. The molecule has 1 aromatic carbocycles. The topological polar surface area (TPSA) is 89.3 Å². The summed E-state index contributed by atoms with van der Waals surface area (Å²) in [5, 5.41) is 8.83. The Balaban J connectivity index is 3.34. The number of carboxylic acid groups (broad SMARTS) is 1. The Morgan fingerprint density at radius 2 is 2.15 bits per heavy atom. The van der Waals surface area contributed by atoms with E-state index in [-0.39, 0.29) is 11.6 Å². The molecule has 0 aromatic heterocycles. The first kappa shape index (κ1) is 9.54. The molecule has 0 fully saturated rings. The summed E-state index contributed by atoms with van der Waals surface area (Å²) in [6.07, 6.45) is 0. The lowest BCUT2D eigenvalue weighted by Crippen LogP contribution is -2.14. The number of anilines is 1. The smallest absolute Gasteiger partial charge is 0.336 e. The van der Waals surface area contributed by atoms with Crippen molar-refractivity contribution in [3.8, 4) is 0 Å². The zero-order valence-electron chi connectivity index (χ0n) is 7.32. The van der Waals surface area contributed by atoms with Gasteiger partial charge in [0.05, 0.1) is 5.56 Å². The van der Waals surface area contributed by atoms with Crippen LogP contribution in [-0.4, -0.2) is 11.1 Å². The van der Waals surface area contributed by atoms with E-state index in [1.165, 1.54) is 6.07 Å². The molecule has 4 heteroatoms. The van der Waals surface area contributed by atoms with Crippen molar-refractivity contribution >= 4 is 11.7 Å². The van der Waals surface area contributed by atoms with Crippen molar-refractivity contribution in [1.82, 2.24) is 0 Å². The fourth-order valence-electron chi connectivity index (χ4n) is 1.28. The summed E-state index contributed by atoms with van der Waals surface area (Å²) >= 11 is 0. The van der Waals surface area contributed by atoms with Crippen molar-refractivity contribution in [2.24, 2.45) is 5.73 Å². The van der Waals surface area contributed by atoms with Gasteiger partial charge in [-0.15, -0.1) is 0 Å². The van der Waals surface area contributed by atoms with Crippen molar-refractivity contribution in [3.05, 3.63) is 29.3 Å². The van der Waals surface area contributed by atoms with Gasteiger partial charge in [0.1, 0.15) is 0 Å². The third kappa shape index (κ3) is 1.78. The molecule has 70 valence electrons. The van der Waals surface area contributed by atoms with Gasteiger partial charge in [-0.1, -0.05) is 6.07 Å². The van der Waals surface area contributed by atoms with E-state index in [4.69, 9.17) is 16.6 Å². The predicted octanol–water partition coefficient (Wildman–Crippen LogP) is 0.987. The van der Waals surface area contributed by atoms with Crippen LogP contribution < -0.4 is 11.5 Å². The van der Waals surface area contributed by atoms with Gasteiger partial charge in [0.15, 0.2) is 0 Å². The van der Waals surface area contributed by atoms with Gasteiger partial charge in [0.25, 0.3) is 0 Å². The number of carboxylic acids is 1. The van der Waals surface area contributed by atoms with E-state index in [1.807, 2.05) is 0 Å². The second-order valence-corrected chi connectivity index (χ2v) is 2.90. The number of nitrogens with two attached hydrogens (primary N) is 2. The van der Waals surface area contributed by atoms with Crippen molar-refractivity contribution in [2.75, 3.05) is 5.73 Å². The summed E-state index contributed by atoms with van der Waals surface area (Å²) in [6.45, 7) is 1.71. The summed E-state index contributed by atoms with van der Waals surface area (Å²) in [5.74, 6) is -1.00. The zero-order chi connectivity index (χ0) is 10.0. The van der Waals surface area contributed by atoms with Gasteiger partial charge in [0.2, 0.25) is 0 Å². The van der Waals surface area contributed by atoms with Gasteiger partial charge in [-0.25, -0.2) is 4.79 Å². The largest absolute Gasteiger partial charge is 0.478 e. The Morgan fingerprint density at radius 3 is 2.54 bits per heavy atom. The summed E-state index contributed by atoms with van der Waals surface area (Å²) < 4.78 is 0. The lowest BCUT2D eigenvalue weighted by Gasteiger charge is -2.12. The SMILES string of the molecule is CC(N)c1c(N)cccc1C(=O)O. The normalized spacial score (nSPS) is 12.5. The maximum absolute atomic E-state index is 10.8. The highest BCUT2D eigenvalue weighted by atomic mass is 16.4. The maximum Gasteiger partial charge on any atom is 0.336 e. The van der Waals surface area contributed by atoms with Gasteiger partial charge >= 0.3 is 5.97 Å². The monoisotopic (exact) mass is 180 g/mol. The molecule has 0 saturated heterocycles. The highest BCUT2D eigenvalue weighted by Crippen LogP contribution is 2.22. The summed E-state index contributed by atoms with van der Waals surface area (Å²) in [4.78, 5) is 10.8. The first-order valence-corrected chi connectivity index (χ1v) is 3.91. The maximum atomic E-state index is 10.8. The second-order valence-electron chi connectivity index (χ2n) is 2.90. The minimum Gasteiger partial charge on any atom is -0.478 e. The number of hydrogen-bond donors (Lipinski definition) is 3. The van der Waals surface area contributed by atoms with Crippen LogP contribution in [0.5, 0.6) is 0 Å². The van der Waals surface area contributed by atoms with Gasteiger partial charge in [-0.3, -0.25) is 0 Å². The molecule has 0 heterocycles. The molecule has 1 unspecified atom stereocenters. The fourth-order valence-corrected chi connectivity index (χ4v) is 1.28. The first-order chi connectivity index (χ1) is 6.04. The molecule has 0 saturated carbocycles. The van der Waals surface area contributed by atoms with E-state index >= 15 is 0 Å². The first-order valence-electron chi connectivity index (χ1n) is 3.91. The van der Waals surface area contributed by atoms with Crippen LogP contribution in [0, 0.1) is 0 Å². The molecule has 1 aromatic rings. The number of benzene rings is 1.